The lowest BCUT2D eigenvalue weighted by Crippen LogP contribution is -2.41. The predicted octanol–water partition coefficient (Wildman–Crippen LogP) is 1.43. The van der Waals surface area contributed by atoms with Crippen LogP contribution in [-0.4, -0.2) is 48.8 Å². The summed E-state index contributed by atoms with van der Waals surface area (Å²) in [6, 6.07) is 2.32. The van der Waals surface area contributed by atoms with Gasteiger partial charge in [-0.25, -0.2) is 4.98 Å². The molecule has 0 atom stereocenters. The number of hydrogen-bond acceptors (Lipinski definition) is 4. The van der Waals surface area contributed by atoms with E-state index in [0.29, 0.717) is 0 Å². The molecule has 2 amide bonds. The highest BCUT2D eigenvalue weighted by molar-refractivity contribution is 5.98. The van der Waals surface area contributed by atoms with Crippen LogP contribution in [0.1, 0.15) is 10.4 Å². The molecule has 0 aliphatic heterocycles. The van der Waals surface area contributed by atoms with Gasteiger partial charge in [0.15, 0.2) is 6.61 Å². The van der Waals surface area contributed by atoms with Crippen LogP contribution in [0.25, 0.3) is 0 Å². The van der Waals surface area contributed by atoms with Crippen LogP contribution >= 0.6 is 0 Å². The number of rotatable bonds is 6. The van der Waals surface area contributed by atoms with Gasteiger partial charge in [0.25, 0.3) is 5.91 Å². The third kappa shape index (κ3) is 7.65. The van der Waals surface area contributed by atoms with Crippen molar-refractivity contribution in [1.29, 1.82) is 0 Å². The molecule has 0 unspecified atom stereocenters. The molecule has 0 saturated heterocycles. The molecule has 1 aromatic rings. The highest BCUT2D eigenvalue weighted by Crippen LogP contribution is 2.19. The van der Waals surface area contributed by atoms with Crippen LogP contribution in [0.2, 0.25) is 0 Å². The lowest BCUT2D eigenvalue weighted by atomic mass is 10.2. The molecule has 1 rings (SSSR count). The first-order valence-corrected chi connectivity index (χ1v) is 6.24. The molecule has 6 nitrogen and oxygen atoms in total. The smallest absolute Gasteiger partial charge is 0.422 e. The molecule has 1 aromatic heterocycles. The molecule has 24 heavy (non-hydrogen) atoms. The van der Waals surface area contributed by atoms with Crippen molar-refractivity contribution in [3.05, 3.63) is 23.9 Å². The Bertz CT molecular complexity index is 588. The Morgan fingerprint density at radius 2 is 1.75 bits per heavy atom. The Hall–Kier alpha value is -2.53. The van der Waals surface area contributed by atoms with E-state index in [1.807, 2.05) is 5.32 Å². The van der Waals surface area contributed by atoms with Gasteiger partial charge in [-0.2, -0.15) is 26.3 Å². The zero-order chi connectivity index (χ0) is 18.4. The summed E-state index contributed by atoms with van der Waals surface area (Å²) in [5, 5.41) is 3.47. The van der Waals surface area contributed by atoms with Crippen LogP contribution in [0.5, 0.6) is 5.88 Å². The second-order valence-corrected chi connectivity index (χ2v) is 4.33. The Balaban J connectivity index is 2.60. The minimum Gasteiger partial charge on any atom is -0.467 e. The number of ether oxygens (including phenoxy) is 1. The summed E-state index contributed by atoms with van der Waals surface area (Å²) in [4.78, 5) is 26.4. The number of carbonyl (C=O) groups excluding carboxylic acids is 2. The standard InChI is InChI=1S/C12H11F6N3O3/c13-11(14,15)5-21-8(22)4-20-9(23)7-2-1-3-19-10(7)24-6-12(16,17)18/h1-3H,4-6H2,(H,20,23)(H,21,22). The number of nitrogens with one attached hydrogen (secondary N) is 2. The predicted molar refractivity (Wildman–Crippen MR) is 67.2 cm³/mol. The third-order valence-electron chi connectivity index (χ3n) is 2.28. The van der Waals surface area contributed by atoms with Gasteiger partial charge in [-0.3, -0.25) is 9.59 Å². The summed E-state index contributed by atoms with van der Waals surface area (Å²) in [6.07, 6.45) is -8.18. The highest BCUT2D eigenvalue weighted by Gasteiger charge is 2.30. The second-order valence-electron chi connectivity index (χ2n) is 4.33. The molecule has 0 spiro atoms. The molecule has 1 heterocycles. The first kappa shape index (κ1) is 19.5. The van der Waals surface area contributed by atoms with Gasteiger partial charge in [0.05, 0.1) is 6.54 Å². The lowest BCUT2D eigenvalue weighted by Gasteiger charge is -2.12. The van der Waals surface area contributed by atoms with Crippen LogP contribution in [-0.2, 0) is 4.79 Å². The SMILES string of the molecule is O=C(CNC(=O)c1cccnc1OCC(F)(F)F)NCC(F)(F)F. The topological polar surface area (TPSA) is 80.3 Å². The van der Waals surface area contributed by atoms with E-state index in [2.05, 4.69) is 9.72 Å². The minimum atomic E-state index is -4.65. The van der Waals surface area contributed by atoms with Crippen LogP contribution in [0.15, 0.2) is 18.3 Å². The Morgan fingerprint density at radius 1 is 1.08 bits per heavy atom. The van der Waals surface area contributed by atoms with E-state index in [-0.39, 0.29) is 0 Å². The maximum atomic E-state index is 12.1. The summed E-state index contributed by atoms with van der Waals surface area (Å²) in [5.41, 5.74) is -0.398. The number of carbonyl (C=O) groups is 2. The summed E-state index contributed by atoms with van der Waals surface area (Å²) >= 11 is 0. The van der Waals surface area contributed by atoms with Crippen LogP contribution in [0, 0.1) is 0 Å². The molecule has 0 radical (unpaired) electrons. The molecular weight excluding hydrogens is 348 g/mol. The maximum Gasteiger partial charge on any atom is 0.422 e. The molecular formula is C12H11F6N3O3. The van der Waals surface area contributed by atoms with Crippen molar-refractivity contribution in [2.45, 2.75) is 12.4 Å². The van der Waals surface area contributed by atoms with Crippen molar-refractivity contribution >= 4 is 11.8 Å². The number of halogens is 6. The Kier molecular flexibility index (Phi) is 6.37. The minimum absolute atomic E-state index is 0.398. The molecule has 12 heteroatoms. The first-order chi connectivity index (χ1) is 11.0. The number of aromatic nitrogens is 1. The molecule has 0 aromatic carbocycles. The average molecular weight is 359 g/mol. The monoisotopic (exact) mass is 359 g/mol. The summed E-state index contributed by atoms with van der Waals surface area (Å²) in [5.74, 6) is -2.77. The summed E-state index contributed by atoms with van der Waals surface area (Å²) < 4.78 is 76.4. The molecule has 0 saturated carbocycles. The number of alkyl halides is 6. The number of hydrogen-bond donors (Lipinski definition) is 2. The van der Waals surface area contributed by atoms with E-state index in [1.54, 1.807) is 0 Å². The van der Waals surface area contributed by atoms with Crippen LogP contribution < -0.4 is 15.4 Å². The largest absolute Gasteiger partial charge is 0.467 e. The van der Waals surface area contributed by atoms with E-state index >= 15 is 0 Å². The quantitative estimate of drug-likeness (QED) is 0.753. The normalized spacial score (nSPS) is 11.8. The summed E-state index contributed by atoms with van der Waals surface area (Å²) in [7, 11) is 0. The number of pyridine rings is 1. The molecule has 0 bridgehead atoms. The van der Waals surface area contributed by atoms with Crippen LogP contribution in [0.4, 0.5) is 26.3 Å². The van der Waals surface area contributed by atoms with E-state index in [0.717, 1.165) is 12.3 Å². The van der Waals surface area contributed by atoms with E-state index in [1.165, 1.54) is 11.4 Å². The molecule has 134 valence electrons. The van der Waals surface area contributed by atoms with Gasteiger partial charge in [0.2, 0.25) is 11.8 Å². The average Bonchev–Trinajstić information content (AvgIpc) is 2.47. The van der Waals surface area contributed by atoms with Gasteiger partial charge in [0.1, 0.15) is 12.1 Å². The number of amides is 2. The second kappa shape index (κ2) is 7.84. The molecule has 2 N–H and O–H groups in total. The van der Waals surface area contributed by atoms with Gasteiger partial charge in [0, 0.05) is 6.20 Å². The fraction of sp³-hybridized carbons (Fsp3) is 0.417. The van der Waals surface area contributed by atoms with Crippen molar-refractivity contribution in [2.75, 3.05) is 19.7 Å². The van der Waals surface area contributed by atoms with Crippen molar-refractivity contribution in [1.82, 2.24) is 15.6 Å². The molecule has 0 aliphatic rings. The zero-order valence-corrected chi connectivity index (χ0v) is 11.8. The van der Waals surface area contributed by atoms with Crippen molar-refractivity contribution < 1.29 is 40.7 Å². The van der Waals surface area contributed by atoms with Gasteiger partial charge < -0.3 is 15.4 Å². The molecule has 0 fully saturated rings. The molecule has 0 aliphatic carbocycles. The van der Waals surface area contributed by atoms with Crippen molar-refractivity contribution in [3.8, 4) is 5.88 Å². The Morgan fingerprint density at radius 3 is 2.33 bits per heavy atom. The van der Waals surface area contributed by atoms with Crippen molar-refractivity contribution in [2.24, 2.45) is 0 Å². The zero-order valence-electron chi connectivity index (χ0n) is 11.8. The first-order valence-electron chi connectivity index (χ1n) is 6.24. The van der Waals surface area contributed by atoms with E-state index < -0.39 is 55.3 Å². The fourth-order valence-corrected chi connectivity index (χ4v) is 1.35. The van der Waals surface area contributed by atoms with E-state index in [9.17, 15) is 35.9 Å². The van der Waals surface area contributed by atoms with Crippen LogP contribution in [0.3, 0.4) is 0 Å². The van der Waals surface area contributed by atoms with Gasteiger partial charge in [-0.1, -0.05) is 0 Å². The highest BCUT2D eigenvalue weighted by atomic mass is 19.4. The Labute approximate surface area is 131 Å². The maximum absolute atomic E-state index is 12.1. The number of nitrogens with zero attached hydrogens (tertiary/aromatic N) is 1. The third-order valence-corrected chi connectivity index (χ3v) is 2.28. The van der Waals surface area contributed by atoms with Gasteiger partial charge >= 0.3 is 12.4 Å². The van der Waals surface area contributed by atoms with Gasteiger partial charge in [-0.05, 0) is 12.1 Å². The summed E-state index contributed by atoms with van der Waals surface area (Å²) in [6.45, 7) is -4.06. The van der Waals surface area contributed by atoms with Crippen molar-refractivity contribution in [3.63, 3.8) is 0 Å². The van der Waals surface area contributed by atoms with Gasteiger partial charge in [-0.15, -0.1) is 0 Å². The van der Waals surface area contributed by atoms with E-state index in [4.69, 9.17) is 0 Å². The lowest BCUT2D eigenvalue weighted by molar-refractivity contribution is -0.154. The fourth-order valence-electron chi connectivity index (χ4n) is 1.35.